The van der Waals surface area contributed by atoms with Gasteiger partial charge >= 0.3 is 5.97 Å². The third kappa shape index (κ3) is 2.82. The van der Waals surface area contributed by atoms with Gasteiger partial charge in [0.2, 0.25) is 0 Å². The van der Waals surface area contributed by atoms with Crippen molar-refractivity contribution in [3.8, 4) is 0 Å². The summed E-state index contributed by atoms with van der Waals surface area (Å²) in [5.74, 6) is -0.903. The number of hydrogen-bond donors (Lipinski definition) is 2. The molecule has 0 spiro atoms. The Morgan fingerprint density at radius 2 is 2.05 bits per heavy atom. The summed E-state index contributed by atoms with van der Waals surface area (Å²) in [7, 11) is 0. The van der Waals surface area contributed by atoms with Crippen LogP contribution < -0.4 is 5.32 Å². The quantitative estimate of drug-likeness (QED) is 0.895. The van der Waals surface area contributed by atoms with E-state index in [0.29, 0.717) is 5.56 Å². The van der Waals surface area contributed by atoms with Gasteiger partial charge in [-0.1, -0.05) is 6.07 Å². The molecule has 0 saturated heterocycles. The Balaban J connectivity index is 2.28. The van der Waals surface area contributed by atoms with E-state index >= 15 is 0 Å². The highest BCUT2D eigenvalue weighted by atomic mass is 32.1. The van der Waals surface area contributed by atoms with Crippen LogP contribution in [0.5, 0.6) is 0 Å². The fourth-order valence-corrected chi connectivity index (χ4v) is 3.19. The summed E-state index contributed by atoms with van der Waals surface area (Å²) in [6.07, 6.45) is 0. The van der Waals surface area contributed by atoms with Gasteiger partial charge in [-0.3, -0.25) is 0 Å². The van der Waals surface area contributed by atoms with Crippen LogP contribution in [0.25, 0.3) is 0 Å². The third-order valence-electron chi connectivity index (χ3n) is 3.29. The van der Waals surface area contributed by atoms with Gasteiger partial charge in [0.05, 0.1) is 22.3 Å². The number of carboxylic acid groups (broad SMARTS) is 1. The summed E-state index contributed by atoms with van der Waals surface area (Å²) in [5.41, 5.74) is 2.93. The number of anilines is 1. The van der Waals surface area contributed by atoms with Crippen LogP contribution >= 0.6 is 11.3 Å². The molecule has 1 aromatic heterocycles. The summed E-state index contributed by atoms with van der Waals surface area (Å²) in [6.45, 7) is 7.90. The third-order valence-corrected chi connectivity index (χ3v) is 4.19. The Morgan fingerprint density at radius 1 is 1.35 bits per heavy atom. The monoisotopic (exact) mass is 290 g/mol. The lowest BCUT2D eigenvalue weighted by Crippen LogP contribution is -2.11. The molecule has 0 radical (unpaired) electrons. The zero-order valence-electron chi connectivity index (χ0n) is 12.0. The zero-order chi connectivity index (χ0) is 14.9. The maximum Gasteiger partial charge on any atom is 0.336 e. The van der Waals surface area contributed by atoms with E-state index in [9.17, 15) is 4.79 Å². The highest BCUT2D eigenvalue weighted by Gasteiger charge is 2.16. The highest BCUT2D eigenvalue weighted by molar-refractivity contribution is 7.11. The Bertz CT molecular complexity index is 649. The molecular formula is C15H18N2O2S. The van der Waals surface area contributed by atoms with Crippen molar-refractivity contribution in [2.75, 3.05) is 5.32 Å². The van der Waals surface area contributed by atoms with Gasteiger partial charge in [0.1, 0.15) is 0 Å². The lowest BCUT2D eigenvalue weighted by molar-refractivity contribution is 0.0696. The van der Waals surface area contributed by atoms with Gasteiger partial charge in [0.25, 0.3) is 0 Å². The van der Waals surface area contributed by atoms with Gasteiger partial charge in [0, 0.05) is 10.6 Å². The molecular weight excluding hydrogens is 272 g/mol. The summed E-state index contributed by atoms with van der Waals surface area (Å²) < 4.78 is 0. The number of rotatable bonds is 4. The molecule has 2 aromatic rings. The van der Waals surface area contributed by atoms with Gasteiger partial charge in [0.15, 0.2) is 0 Å². The molecule has 2 rings (SSSR count). The van der Waals surface area contributed by atoms with Crippen LogP contribution in [0.2, 0.25) is 0 Å². The smallest absolute Gasteiger partial charge is 0.336 e. The zero-order valence-corrected chi connectivity index (χ0v) is 12.8. The molecule has 4 nitrogen and oxygen atoms in total. The first-order chi connectivity index (χ1) is 9.40. The molecule has 0 aliphatic carbocycles. The lowest BCUT2D eigenvalue weighted by Gasteiger charge is -2.17. The molecule has 0 saturated carbocycles. The Labute approximate surface area is 122 Å². The van der Waals surface area contributed by atoms with Crippen molar-refractivity contribution >= 4 is 23.0 Å². The van der Waals surface area contributed by atoms with Crippen molar-refractivity contribution < 1.29 is 9.90 Å². The van der Waals surface area contributed by atoms with Gasteiger partial charge in [-0.05, 0) is 45.4 Å². The van der Waals surface area contributed by atoms with Crippen molar-refractivity contribution in [1.82, 2.24) is 4.98 Å². The number of aryl methyl sites for hydroxylation is 2. The number of aromatic carboxylic acids is 1. The van der Waals surface area contributed by atoms with E-state index in [4.69, 9.17) is 5.11 Å². The van der Waals surface area contributed by atoms with Crippen molar-refractivity contribution in [2.45, 2.75) is 33.7 Å². The van der Waals surface area contributed by atoms with E-state index in [1.807, 2.05) is 26.8 Å². The molecule has 1 heterocycles. The molecule has 2 N–H and O–H groups in total. The van der Waals surface area contributed by atoms with Gasteiger partial charge in [-0.15, -0.1) is 11.3 Å². The highest BCUT2D eigenvalue weighted by Crippen LogP contribution is 2.27. The number of nitrogens with one attached hydrogen (secondary N) is 1. The van der Waals surface area contributed by atoms with Crippen LogP contribution in [0.15, 0.2) is 18.2 Å². The fourth-order valence-electron chi connectivity index (χ4n) is 2.27. The Kier molecular flexibility index (Phi) is 4.09. The van der Waals surface area contributed by atoms with Crippen LogP contribution in [0.1, 0.15) is 44.5 Å². The molecule has 20 heavy (non-hydrogen) atoms. The van der Waals surface area contributed by atoms with Crippen LogP contribution in [0.4, 0.5) is 5.69 Å². The second-order valence-electron chi connectivity index (χ2n) is 4.82. The van der Waals surface area contributed by atoms with Gasteiger partial charge in [-0.2, -0.15) is 0 Å². The normalized spacial score (nSPS) is 12.2. The summed E-state index contributed by atoms with van der Waals surface area (Å²) in [5, 5.41) is 13.6. The number of carbonyl (C=O) groups is 1. The molecule has 0 aliphatic rings. The number of aromatic nitrogens is 1. The van der Waals surface area contributed by atoms with E-state index in [-0.39, 0.29) is 6.04 Å². The number of carboxylic acids is 1. The first-order valence-corrected chi connectivity index (χ1v) is 7.25. The Hall–Kier alpha value is -1.88. The van der Waals surface area contributed by atoms with Crippen LogP contribution in [-0.4, -0.2) is 16.1 Å². The maximum absolute atomic E-state index is 11.1. The summed E-state index contributed by atoms with van der Waals surface area (Å²) >= 11 is 1.68. The average Bonchev–Trinajstić information content (AvgIpc) is 2.70. The number of nitrogens with zero attached hydrogens (tertiary/aromatic N) is 1. The van der Waals surface area contributed by atoms with E-state index in [2.05, 4.69) is 17.2 Å². The summed E-state index contributed by atoms with van der Waals surface area (Å²) in [6, 6.07) is 5.31. The molecule has 0 amide bonds. The molecule has 0 fully saturated rings. The van der Waals surface area contributed by atoms with Crippen molar-refractivity contribution in [1.29, 1.82) is 0 Å². The molecule has 0 aliphatic heterocycles. The topological polar surface area (TPSA) is 62.2 Å². The van der Waals surface area contributed by atoms with Crippen LogP contribution in [-0.2, 0) is 0 Å². The van der Waals surface area contributed by atoms with Crippen LogP contribution in [0.3, 0.4) is 0 Å². The summed E-state index contributed by atoms with van der Waals surface area (Å²) in [4.78, 5) is 16.9. The first kappa shape index (κ1) is 14.5. The van der Waals surface area contributed by atoms with Crippen molar-refractivity contribution in [2.24, 2.45) is 0 Å². The van der Waals surface area contributed by atoms with Crippen molar-refractivity contribution in [3.05, 3.63) is 44.9 Å². The first-order valence-electron chi connectivity index (χ1n) is 6.43. The maximum atomic E-state index is 11.1. The van der Waals surface area contributed by atoms with E-state index in [1.165, 1.54) is 4.88 Å². The molecule has 1 aromatic carbocycles. The van der Waals surface area contributed by atoms with Gasteiger partial charge < -0.3 is 10.4 Å². The molecule has 1 atom stereocenters. The molecule has 1 unspecified atom stereocenters. The standard InChI is InChI=1S/C15H18N2O2S/c1-8-12(15(18)19)6-5-7-13(8)16-9(2)14-10(3)20-11(4)17-14/h5-7,9,16H,1-4H3,(H,18,19). The van der Waals surface area contributed by atoms with E-state index < -0.39 is 5.97 Å². The second kappa shape index (κ2) is 5.63. The largest absolute Gasteiger partial charge is 0.478 e. The SMILES string of the molecule is Cc1nc(C(C)Nc2cccc(C(=O)O)c2C)c(C)s1. The lowest BCUT2D eigenvalue weighted by atomic mass is 10.1. The minimum Gasteiger partial charge on any atom is -0.478 e. The average molecular weight is 290 g/mol. The van der Waals surface area contributed by atoms with Crippen LogP contribution in [0, 0.1) is 20.8 Å². The van der Waals surface area contributed by atoms with E-state index in [1.54, 1.807) is 23.5 Å². The van der Waals surface area contributed by atoms with Crippen molar-refractivity contribution in [3.63, 3.8) is 0 Å². The number of thiazole rings is 1. The Morgan fingerprint density at radius 3 is 2.60 bits per heavy atom. The predicted octanol–water partition coefficient (Wildman–Crippen LogP) is 3.94. The van der Waals surface area contributed by atoms with Gasteiger partial charge in [-0.25, -0.2) is 9.78 Å². The second-order valence-corrected chi connectivity index (χ2v) is 6.23. The molecule has 5 heteroatoms. The van der Waals surface area contributed by atoms with E-state index in [0.717, 1.165) is 22.0 Å². The number of benzene rings is 1. The minimum atomic E-state index is -0.903. The fraction of sp³-hybridized carbons (Fsp3) is 0.333. The minimum absolute atomic E-state index is 0.0442. The molecule has 106 valence electrons. The number of hydrogen-bond acceptors (Lipinski definition) is 4. The predicted molar refractivity (Wildman–Crippen MR) is 81.8 cm³/mol. The molecule has 0 bridgehead atoms.